The van der Waals surface area contributed by atoms with Crippen LogP contribution in [-0.4, -0.2) is 23.4 Å². The van der Waals surface area contributed by atoms with Gasteiger partial charge in [0, 0.05) is 11.8 Å². The molecule has 1 amide bonds. The molecule has 1 aliphatic rings. The minimum atomic E-state index is -0.215. The zero-order valence-electron chi connectivity index (χ0n) is 10.5. The Kier molecular flexibility index (Phi) is 4.32. The van der Waals surface area contributed by atoms with Crippen molar-refractivity contribution in [2.24, 2.45) is 5.10 Å². The fraction of sp³-hybridized carbons (Fsp3) is 0.0714. The Hall–Kier alpha value is -2.40. The van der Waals surface area contributed by atoms with Gasteiger partial charge in [-0.2, -0.15) is 5.01 Å². The molecule has 102 valence electrons. The van der Waals surface area contributed by atoms with Gasteiger partial charge in [0.05, 0.1) is 11.9 Å². The minimum Gasteiger partial charge on any atom is -0.466 e. The summed E-state index contributed by atoms with van der Waals surface area (Å²) < 4.78 is 5.37. The molecule has 0 spiro atoms. The maximum Gasteiger partial charge on any atom is 0.285 e. The molecule has 0 atom stereocenters. The molecule has 2 aromatic rings. The first-order valence-electron chi connectivity index (χ1n) is 5.84. The van der Waals surface area contributed by atoms with E-state index >= 15 is 0 Å². The van der Waals surface area contributed by atoms with E-state index in [0.29, 0.717) is 11.6 Å². The summed E-state index contributed by atoms with van der Waals surface area (Å²) in [6, 6.07) is 13.0. The number of pyridine rings is 1. The zero-order chi connectivity index (χ0) is 13.1. The lowest BCUT2D eigenvalue weighted by Crippen LogP contribution is -2.36. The van der Waals surface area contributed by atoms with E-state index in [2.05, 4.69) is 10.1 Å². The minimum absolute atomic E-state index is 0. The molecule has 0 N–H and O–H groups in total. The average molecular weight is 290 g/mol. The van der Waals surface area contributed by atoms with Gasteiger partial charge in [0.1, 0.15) is 0 Å². The summed E-state index contributed by atoms with van der Waals surface area (Å²) in [4.78, 5) is 15.8. The SMILES string of the molecule is Cl.O=C1COC(c2ccccc2)=NN1c1cccnc1. The van der Waals surface area contributed by atoms with Gasteiger partial charge in [-0.05, 0) is 24.3 Å². The van der Waals surface area contributed by atoms with Gasteiger partial charge in [-0.25, -0.2) is 0 Å². The van der Waals surface area contributed by atoms with Gasteiger partial charge in [0.2, 0.25) is 5.90 Å². The monoisotopic (exact) mass is 289 g/mol. The number of carbonyl (C=O) groups is 1. The van der Waals surface area contributed by atoms with Crippen LogP contribution in [0.1, 0.15) is 5.56 Å². The first-order valence-corrected chi connectivity index (χ1v) is 5.84. The predicted octanol–water partition coefficient (Wildman–Crippen LogP) is 2.23. The summed E-state index contributed by atoms with van der Waals surface area (Å²) in [5.41, 5.74) is 1.47. The molecule has 6 heteroatoms. The molecule has 5 nitrogen and oxygen atoms in total. The fourth-order valence-corrected chi connectivity index (χ4v) is 1.77. The predicted molar refractivity (Wildman–Crippen MR) is 77.9 cm³/mol. The highest BCUT2D eigenvalue weighted by Crippen LogP contribution is 2.17. The number of aromatic nitrogens is 1. The Balaban J connectivity index is 0.00000147. The van der Waals surface area contributed by atoms with E-state index in [-0.39, 0.29) is 24.9 Å². The molecule has 0 saturated heterocycles. The van der Waals surface area contributed by atoms with Crippen LogP contribution in [0, 0.1) is 0 Å². The summed E-state index contributed by atoms with van der Waals surface area (Å²) in [5, 5.41) is 5.56. The molecule has 0 fully saturated rings. The van der Waals surface area contributed by atoms with Crippen LogP contribution in [0.15, 0.2) is 60.0 Å². The number of halogens is 1. The molecule has 0 bridgehead atoms. The van der Waals surface area contributed by atoms with Gasteiger partial charge in [0.25, 0.3) is 5.91 Å². The van der Waals surface area contributed by atoms with Crippen LogP contribution in [0.4, 0.5) is 5.69 Å². The Morgan fingerprint density at radius 3 is 2.60 bits per heavy atom. The number of benzene rings is 1. The summed E-state index contributed by atoms with van der Waals surface area (Å²) >= 11 is 0. The molecule has 0 radical (unpaired) electrons. The second-order valence-electron chi connectivity index (χ2n) is 3.98. The van der Waals surface area contributed by atoms with E-state index in [4.69, 9.17) is 4.74 Å². The number of ether oxygens (including phenoxy) is 1. The van der Waals surface area contributed by atoms with Crippen LogP contribution in [0.2, 0.25) is 0 Å². The van der Waals surface area contributed by atoms with Gasteiger partial charge in [-0.1, -0.05) is 18.2 Å². The summed E-state index contributed by atoms with van der Waals surface area (Å²) in [7, 11) is 0. The number of amides is 1. The van der Waals surface area contributed by atoms with Crippen LogP contribution in [-0.2, 0) is 9.53 Å². The number of nitrogens with zero attached hydrogens (tertiary/aromatic N) is 3. The fourth-order valence-electron chi connectivity index (χ4n) is 1.77. The molecule has 2 heterocycles. The second kappa shape index (κ2) is 6.16. The van der Waals surface area contributed by atoms with Crippen molar-refractivity contribution in [2.45, 2.75) is 0 Å². The van der Waals surface area contributed by atoms with Gasteiger partial charge >= 0.3 is 0 Å². The Bertz CT molecular complexity index is 617. The third-order valence-electron chi connectivity index (χ3n) is 2.67. The van der Waals surface area contributed by atoms with Crippen molar-refractivity contribution >= 4 is 29.9 Å². The summed E-state index contributed by atoms with van der Waals surface area (Å²) in [6.07, 6.45) is 3.24. The van der Waals surface area contributed by atoms with Crippen molar-refractivity contribution in [3.63, 3.8) is 0 Å². The smallest absolute Gasteiger partial charge is 0.285 e. The molecule has 0 aliphatic carbocycles. The van der Waals surface area contributed by atoms with E-state index in [0.717, 1.165) is 5.56 Å². The molecule has 20 heavy (non-hydrogen) atoms. The van der Waals surface area contributed by atoms with Crippen LogP contribution in [0.5, 0.6) is 0 Å². The number of carbonyl (C=O) groups excluding carboxylic acids is 1. The standard InChI is InChI=1S/C14H11N3O2.ClH/c18-13-10-19-14(11-5-2-1-3-6-11)16-17(13)12-7-4-8-15-9-12;/h1-9H,10H2;1H. The molecule has 1 aliphatic heterocycles. The Morgan fingerprint density at radius 2 is 1.90 bits per heavy atom. The summed E-state index contributed by atoms with van der Waals surface area (Å²) in [5.74, 6) is 0.219. The maximum atomic E-state index is 11.8. The number of hydrazone groups is 1. The topological polar surface area (TPSA) is 54.8 Å². The molecule has 0 saturated carbocycles. The van der Waals surface area contributed by atoms with Crippen molar-refractivity contribution in [3.05, 3.63) is 60.4 Å². The quantitative estimate of drug-likeness (QED) is 0.852. The molecule has 1 aromatic heterocycles. The van der Waals surface area contributed by atoms with Crippen LogP contribution in [0.3, 0.4) is 0 Å². The zero-order valence-corrected chi connectivity index (χ0v) is 11.3. The lowest BCUT2D eigenvalue weighted by atomic mass is 10.2. The lowest BCUT2D eigenvalue weighted by molar-refractivity contribution is -0.121. The number of anilines is 1. The normalized spacial score (nSPS) is 14.1. The van der Waals surface area contributed by atoms with Gasteiger partial charge in [-0.15, -0.1) is 17.5 Å². The molecule has 1 aromatic carbocycles. The van der Waals surface area contributed by atoms with Crippen LogP contribution in [0.25, 0.3) is 0 Å². The van der Waals surface area contributed by atoms with Crippen LogP contribution < -0.4 is 5.01 Å². The third kappa shape index (κ3) is 2.78. The van der Waals surface area contributed by atoms with Crippen molar-refractivity contribution in [2.75, 3.05) is 11.6 Å². The summed E-state index contributed by atoms with van der Waals surface area (Å²) in [6.45, 7) is -0.0252. The highest BCUT2D eigenvalue weighted by atomic mass is 35.5. The molecular weight excluding hydrogens is 278 g/mol. The van der Waals surface area contributed by atoms with Crippen LogP contribution >= 0.6 is 12.4 Å². The van der Waals surface area contributed by atoms with E-state index in [1.807, 2.05) is 30.3 Å². The van der Waals surface area contributed by atoms with E-state index in [1.165, 1.54) is 5.01 Å². The highest BCUT2D eigenvalue weighted by molar-refractivity contribution is 6.04. The van der Waals surface area contributed by atoms with Crippen molar-refractivity contribution in [3.8, 4) is 0 Å². The van der Waals surface area contributed by atoms with E-state index < -0.39 is 0 Å². The average Bonchev–Trinajstić information content (AvgIpc) is 2.49. The van der Waals surface area contributed by atoms with Gasteiger partial charge < -0.3 is 4.74 Å². The highest BCUT2D eigenvalue weighted by Gasteiger charge is 2.23. The van der Waals surface area contributed by atoms with E-state index in [1.54, 1.807) is 24.5 Å². The largest absolute Gasteiger partial charge is 0.466 e. The second-order valence-corrected chi connectivity index (χ2v) is 3.98. The molecular formula is C14H12ClN3O2. The van der Waals surface area contributed by atoms with Crippen molar-refractivity contribution < 1.29 is 9.53 Å². The Labute approximate surface area is 122 Å². The maximum absolute atomic E-state index is 11.8. The van der Waals surface area contributed by atoms with E-state index in [9.17, 15) is 4.79 Å². The first kappa shape index (κ1) is 14.0. The van der Waals surface area contributed by atoms with Crippen molar-refractivity contribution in [1.29, 1.82) is 0 Å². The number of rotatable bonds is 2. The molecule has 0 unspecified atom stereocenters. The first-order chi connectivity index (χ1) is 9.34. The van der Waals surface area contributed by atoms with Crippen molar-refractivity contribution in [1.82, 2.24) is 4.98 Å². The number of hydrogen-bond donors (Lipinski definition) is 0. The molecule has 3 rings (SSSR count). The number of hydrogen-bond acceptors (Lipinski definition) is 4. The lowest BCUT2D eigenvalue weighted by Gasteiger charge is -2.23. The van der Waals surface area contributed by atoms with Gasteiger partial charge in [-0.3, -0.25) is 9.78 Å². The third-order valence-corrected chi connectivity index (χ3v) is 2.67. The Morgan fingerprint density at radius 1 is 1.10 bits per heavy atom. The van der Waals surface area contributed by atoms with Gasteiger partial charge in [0.15, 0.2) is 6.61 Å².